The largest absolute Gasteiger partial charge is 0.465 e. The summed E-state index contributed by atoms with van der Waals surface area (Å²) in [5.74, 6) is -1.42. The maximum absolute atomic E-state index is 12.7. The number of hydrogen-bond donors (Lipinski definition) is 0. The molecule has 0 aliphatic rings. The molecule has 0 heterocycles. The molecule has 0 spiro atoms. The van der Waals surface area contributed by atoms with Crippen LogP contribution in [-0.2, 0) is 35.0 Å². The summed E-state index contributed by atoms with van der Waals surface area (Å²) < 4.78 is 40.1. The van der Waals surface area contributed by atoms with Crippen molar-refractivity contribution >= 4 is 22.1 Å². The van der Waals surface area contributed by atoms with Crippen LogP contribution in [0.2, 0.25) is 0 Å². The van der Waals surface area contributed by atoms with Gasteiger partial charge in [0.05, 0.1) is 24.2 Å². The van der Waals surface area contributed by atoms with Crippen molar-refractivity contribution in [2.75, 3.05) is 13.7 Å². The SMILES string of the molecule is CCOC(=O)[C@@H](CCCc1ccccc1)OS(=O)(=O)c1cccc(C(=O)OC)c1. The Morgan fingerprint density at radius 3 is 2.41 bits per heavy atom. The lowest BCUT2D eigenvalue weighted by molar-refractivity contribution is -0.151. The highest BCUT2D eigenvalue weighted by Gasteiger charge is 2.29. The summed E-state index contributed by atoms with van der Waals surface area (Å²) in [7, 11) is -3.09. The van der Waals surface area contributed by atoms with Crippen LogP contribution in [0, 0.1) is 0 Å². The molecule has 0 aliphatic carbocycles. The summed E-state index contributed by atoms with van der Waals surface area (Å²) in [5.41, 5.74) is 1.14. The molecule has 29 heavy (non-hydrogen) atoms. The van der Waals surface area contributed by atoms with Gasteiger partial charge in [-0.2, -0.15) is 8.42 Å². The van der Waals surface area contributed by atoms with Crippen molar-refractivity contribution in [2.45, 2.75) is 37.2 Å². The van der Waals surface area contributed by atoms with E-state index in [0.29, 0.717) is 12.8 Å². The van der Waals surface area contributed by atoms with Gasteiger partial charge in [0.25, 0.3) is 10.1 Å². The molecule has 0 radical (unpaired) electrons. The molecule has 2 aromatic carbocycles. The molecule has 7 nitrogen and oxygen atoms in total. The van der Waals surface area contributed by atoms with E-state index in [0.717, 1.165) is 11.6 Å². The van der Waals surface area contributed by atoms with Crippen molar-refractivity contribution < 1.29 is 31.7 Å². The van der Waals surface area contributed by atoms with Crippen LogP contribution in [0.3, 0.4) is 0 Å². The van der Waals surface area contributed by atoms with Crippen molar-refractivity contribution in [1.29, 1.82) is 0 Å². The van der Waals surface area contributed by atoms with E-state index in [1.807, 2.05) is 30.3 Å². The van der Waals surface area contributed by atoms with Crippen LogP contribution in [0.4, 0.5) is 0 Å². The standard InChI is InChI=1S/C21H24O7S/c1-3-27-21(23)19(14-7-11-16-9-5-4-6-10-16)28-29(24,25)18-13-8-12-17(15-18)20(22)26-2/h4-6,8-10,12-13,15,19H,3,7,11,14H2,1-2H3/t19-/m1/s1. The van der Waals surface area contributed by atoms with Crippen LogP contribution in [0.5, 0.6) is 0 Å². The molecule has 0 unspecified atom stereocenters. The minimum absolute atomic E-state index is 0.0638. The summed E-state index contributed by atoms with van der Waals surface area (Å²) >= 11 is 0. The number of methoxy groups -OCH3 is 1. The third-order valence-electron chi connectivity index (χ3n) is 4.11. The van der Waals surface area contributed by atoms with Crippen LogP contribution in [-0.4, -0.2) is 40.2 Å². The van der Waals surface area contributed by atoms with Gasteiger partial charge in [-0.25, -0.2) is 9.59 Å². The first-order valence-corrected chi connectivity index (χ1v) is 10.6. The molecule has 8 heteroatoms. The summed E-state index contributed by atoms with van der Waals surface area (Å²) in [5, 5.41) is 0. The predicted octanol–water partition coefficient (Wildman–Crippen LogP) is 3.13. The van der Waals surface area contributed by atoms with Gasteiger partial charge in [0.1, 0.15) is 0 Å². The van der Waals surface area contributed by atoms with Gasteiger partial charge in [0, 0.05) is 0 Å². The number of hydrogen-bond acceptors (Lipinski definition) is 7. The Balaban J connectivity index is 2.14. The Kier molecular flexibility index (Phi) is 8.35. The molecular weight excluding hydrogens is 396 g/mol. The number of esters is 2. The molecule has 0 bridgehead atoms. The van der Waals surface area contributed by atoms with Crippen molar-refractivity contribution in [2.24, 2.45) is 0 Å². The summed E-state index contributed by atoms with van der Waals surface area (Å²) in [6.07, 6.45) is 0.0952. The van der Waals surface area contributed by atoms with E-state index in [-0.39, 0.29) is 23.5 Å². The fraction of sp³-hybridized carbons (Fsp3) is 0.333. The molecule has 1 atom stereocenters. The molecule has 0 N–H and O–H groups in total. The normalized spacial score (nSPS) is 12.2. The van der Waals surface area contributed by atoms with E-state index >= 15 is 0 Å². The van der Waals surface area contributed by atoms with Gasteiger partial charge in [-0.15, -0.1) is 0 Å². The lowest BCUT2D eigenvalue weighted by atomic mass is 10.1. The maximum Gasteiger partial charge on any atom is 0.337 e. The number of carbonyl (C=O) groups excluding carboxylic acids is 2. The van der Waals surface area contributed by atoms with Gasteiger partial charge < -0.3 is 9.47 Å². The zero-order chi connectivity index (χ0) is 21.3. The quantitative estimate of drug-likeness (QED) is 0.430. The van der Waals surface area contributed by atoms with Gasteiger partial charge in [0.2, 0.25) is 0 Å². The third kappa shape index (κ3) is 6.69. The lowest BCUT2D eigenvalue weighted by Gasteiger charge is -2.16. The minimum Gasteiger partial charge on any atom is -0.465 e. The number of carbonyl (C=O) groups is 2. The smallest absolute Gasteiger partial charge is 0.337 e. The van der Waals surface area contributed by atoms with Crippen LogP contribution >= 0.6 is 0 Å². The summed E-state index contributed by atoms with van der Waals surface area (Å²) in [6, 6.07) is 14.9. The summed E-state index contributed by atoms with van der Waals surface area (Å²) in [4.78, 5) is 23.6. The second-order valence-electron chi connectivity index (χ2n) is 6.19. The number of ether oxygens (including phenoxy) is 2. The van der Waals surface area contributed by atoms with Crippen LogP contribution < -0.4 is 0 Å². The Hall–Kier alpha value is -2.71. The van der Waals surface area contributed by atoms with Gasteiger partial charge in [-0.05, 0) is 49.9 Å². The molecule has 0 aliphatic heterocycles. The molecule has 0 fully saturated rings. The molecular formula is C21H24O7S. The van der Waals surface area contributed by atoms with Crippen LogP contribution in [0.1, 0.15) is 35.7 Å². The third-order valence-corrected chi connectivity index (χ3v) is 5.43. The van der Waals surface area contributed by atoms with E-state index in [9.17, 15) is 18.0 Å². The van der Waals surface area contributed by atoms with E-state index in [4.69, 9.17) is 8.92 Å². The van der Waals surface area contributed by atoms with Gasteiger partial charge >= 0.3 is 11.9 Å². The Labute approximate surface area is 170 Å². The predicted molar refractivity (Wildman–Crippen MR) is 106 cm³/mol. The molecule has 0 amide bonds. The maximum atomic E-state index is 12.7. The molecule has 2 aromatic rings. The second-order valence-corrected chi connectivity index (χ2v) is 7.76. The topological polar surface area (TPSA) is 96.0 Å². The molecule has 0 saturated carbocycles. The number of benzene rings is 2. The average molecular weight is 420 g/mol. The molecule has 156 valence electrons. The number of aryl methyl sites for hydroxylation is 1. The van der Waals surface area contributed by atoms with Crippen molar-refractivity contribution in [3.8, 4) is 0 Å². The van der Waals surface area contributed by atoms with E-state index in [1.165, 1.54) is 25.3 Å². The molecule has 2 rings (SSSR count). The fourth-order valence-electron chi connectivity index (χ4n) is 2.68. The van der Waals surface area contributed by atoms with Crippen LogP contribution in [0.15, 0.2) is 59.5 Å². The first-order chi connectivity index (χ1) is 13.9. The second kappa shape index (κ2) is 10.7. The fourth-order valence-corrected chi connectivity index (χ4v) is 3.79. The average Bonchev–Trinajstić information content (AvgIpc) is 2.73. The minimum atomic E-state index is -4.29. The van der Waals surface area contributed by atoms with E-state index < -0.39 is 28.2 Å². The summed E-state index contributed by atoms with van der Waals surface area (Å²) in [6.45, 7) is 1.74. The zero-order valence-corrected chi connectivity index (χ0v) is 17.2. The Morgan fingerprint density at radius 2 is 1.76 bits per heavy atom. The monoisotopic (exact) mass is 420 g/mol. The van der Waals surface area contributed by atoms with Crippen molar-refractivity contribution in [3.63, 3.8) is 0 Å². The van der Waals surface area contributed by atoms with Gasteiger partial charge in [-0.3, -0.25) is 4.18 Å². The van der Waals surface area contributed by atoms with E-state index in [1.54, 1.807) is 6.92 Å². The van der Waals surface area contributed by atoms with Crippen LogP contribution in [0.25, 0.3) is 0 Å². The highest BCUT2D eigenvalue weighted by molar-refractivity contribution is 7.86. The highest BCUT2D eigenvalue weighted by atomic mass is 32.2. The zero-order valence-electron chi connectivity index (χ0n) is 16.4. The van der Waals surface area contributed by atoms with Gasteiger partial charge in [0.15, 0.2) is 6.10 Å². The van der Waals surface area contributed by atoms with Gasteiger partial charge in [-0.1, -0.05) is 36.4 Å². The van der Waals surface area contributed by atoms with Crippen molar-refractivity contribution in [3.05, 3.63) is 65.7 Å². The highest BCUT2D eigenvalue weighted by Crippen LogP contribution is 2.20. The van der Waals surface area contributed by atoms with E-state index in [2.05, 4.69) is 4.74 Å². The molecule has 0 saturated heterocycles. The number of rotatable bonds is 10. The molecule has 0 aromatic heterocycles. The van der Waals surface area contributed by atoms with Crippen molar-refractivity contribution in [1.82, 2.24) is 0 Å². The lowest BCUT2D eigenvalue weighted by Crippen LogP contribution is -2.29. The first-order valence-electron chi connectivity index (χ1n) is 9.19. The Bertz CT molecular complexity index is 923. The Morgan fingerprint density at radius 1 is 1.03 bits per heavy atom. The first kappa shape index (κ1) is 22.6.